The number of benzene rings is 2. The highest BCUT2D eigenvalue weighted by Gasteiger charge is 2.33. The quantitative estimate of drug-likeness (QED) is 0.240. The third-order valence-electron chi connectivity index (χ3n) is 5.42. The Kier molecular flexibility index (Phi) is 7.63. The van der Waals surface area contributed by atoms with Crippen molar-refractivity contribution in [1.82, 2.24) is 4.57 Å². The van der Waals surface area contributed by atoms with Crippen LogP contribution >= 0.6 is 45.7 Å². The smallest absolute Gasteiger partial charge is 0.338 e. The van der Waals surface area contributed by atoms with Crippen LogP contribution in [0.3, 0.4) is 0 Å². The van der Waals surface area contributed by atoms with Gasteiger partial charge in [-0.05, 0) is 84.2 Å². The van der Waals surface area contributed by atoms with Crippen LogP contribution in [-0.2, 0) is 9.53 Å². The minimum atomic E-state index is -0.607. The summed E-state index contributed by atoms with van der Waals surface area (Å²) < 4.78 is 13.8. The number of rotatable bonds is 6. The number of ether oxygens (including phenoxy) is 2. The van der Waals surface area contributed by atoms with E-state index in [9.17, 15) is 9.59 Å². The highest BCUT2D eigenvalue weighted by atomic mass is 127. The number of carbonyl (C=O) groups excluding carboxylic acids is 1. The molecular formula is C25H23IN2O4S2. The number of fused-ring (bicyclic) bond motifs is 1. The molecule has 34 heavy (non-hydrogen) atoms. The normalized spacial score (nSPS) is 15.7. The van der Waals surface area contributed by atoms with Crippen molar-refractivity contribution in [2.75, 3.05) is 20.0 Å². The summed E-state index contributed by atoms with van der Waals surface area (Å²) in [6.45, 7) is 3.80. The summed E-state index contributed by atoms with van der Waals surface area (Å²) in [4.78, 5) is 32.9. The number of aromatic nitrogens is 1. The van der Waals surface area contributed by atoms with Gasteiger partial charge in [0, 0.05) is 4.90 Å². The molecule has 0 fully saturated rings. The van der Waals surface area contributed by atoms with Crippen molar-refractivity contribution in [1.29, 1.82) is 0 Å². The lowest BCUT2D eigenvalue weighted by atomic mass is 9.96. The average Bonchev–Trinajstić information content (AvgIpc) is 3.12. The molecule has 6 nitrogen and oxygen atoms in total. The summed E-state index contributed by atoms with van der Waals surface area (Å²) in [7, 11) is 1.63. The van der Waals surface area contributed by atoms with E-state index in [4.69, 9.17) is 9.47 Å². The van der Waals surface area contributed by atoms with E-state index in [0.29, 0.717) is 20.6 Å². The molecule has 9 heteroatoms. The number of esters is 1. The number of methoxy groups -OCH3 is 1. The van der Waals surface area contributed by atoms with Gasteiger partial charge in [0.25, 0.3) is 5.56 Å². The summed E-state index contributed by atoms with van der Waals surface area (Å²) in [6, 6.07) is 13.0. The summed E-state index contributed by atoms with van der Waals surface area (Å²) in [5.74, 6) is 0.323. The lowest BCUT2D eigenvalue weighted by Gasteiger charge is -2.24. The molecule has 0 saturated carbocycles. The third-order valence-corrected chi connectivity index (χ3v) is 7.99. The van der Waals surface area contributed by atoms with Crippen LogP contribution in [0.15, 0.2) is 68.4 Å². The number of thiazole rings is 1. The summed E-state index contributed by atoms with van der Waals surface area (Å²) in [5, 5.41) is 0. The molecular weight excluding hydrogens is 583 g/mol. The second-order valence-corrected chi connectivity index (χ2v) is 10.5. The van der Waals surface area contributed by atoms with Gasteiger partial charge in [-0.3, -0.25) is 9.36 Å². The lowest BCUT2D eigenvalue weighted by Crippen LogP contribution is -2.39. The van der Waals surface area contributed by atoms with E-state index in [1.807, 2.05) is 54.8 Å². The fraction of sp³-hybridized carbons (Fsp3) is 0.240. The maximum absolute atomic E-state index is 13.6. The monoisotopic (exact) mass is 606 g/mol. The first-order valence-corrected chi connectivity index (χ1v) is 13.7. The van der Waals surface area contributed by atoms with Gasteiger partial charge in [0.1, 0.15) is 5.75 Å². The van der Waals surface area contributed by atoms with E-state index in [0.717, 1.165) is 25.3 Å². The molecule has 0 radical (unpaired) electrons. The fourth-order valence-corrected chi connectivity index (χ4v) is 6.03. The second kappa shape index (κ2) is 10.5. The van der Waals surface area contributed by atoms with Crippen LogP contribution < -0.4 is 19.6 Å². The summed E-state index contributed by atoms with van der Waals surface area (Å²) in [5.41, 5.74) is 2.48. The molecule has 1 aliphatic rings. The number of thioether (sulfide) groups is 1. The zero-order chi connectivity index (χ0) is 24.4. The van der Waals surface area contributed by atoms with Gasteiger partial charge in [-0.2, -0.15) is 0 Å². The van der Waals surface area contributed by atoms with Crippen molar-refractivity contribution in [3.8, 4) is 5.75 Å². The number of nitrogens with zero attached hydrogens (tertiary/aromatic N) is 2. The first-order chi connectivity index (χ1) is 16.4. The van der Waals surface area contributed by atoms with Gasteiger partial charge >= 0.3 is 5.97 Å². The predicted molar refractivity (Wildman–Crippen MR) is 144 cm³/mol. The van der Waals surface area contributed by atoms with E-state index in [-0.39, 0.29) is 12.2 Å². The standard InChI is InChI=1S/C25H23IN2O4S2/c1-5-32-24(30)21-14(2)27-25-28(22(21)16-7-9-17(33-4)10-8-16)23(29)20(34-25)13-15-6-11-19(31-3)18(26)12-15/h6-13,22H,5H2,1-4H3/b20-13-. The van der Waals surface area contributed by atoms with Crippen LogP contribution in [-0.4, -0.2) is 30.5 Å². The average molecular weight is 607 g/mol. The number of allylic oxidation sites excluding steroid dienone is 1. The molecule has 0 bridgehead atoms. The largest absolute Gasteiger partial charge is 0.496 e. The maximum Gasteiger partial charge on any atom is 0.338 e. The summed E-state index contributed by atoms with van der Waals surface area (Å²) in [6.07, 6.45) is 3.86. The molecule has 3 aromatic rings. The SMILES string of the molecule is CCOC(=O)C1=C(C)N=c2s/c(=C\c3ccc(OC)c(I)c3)c(=O)n2C1c1ccc(SC)cc1. The van der Waals surface area contributed by atoms with Gasteiger partial charge < -0.3 is 9.47 Å². The minimum absolute atomic E-state index is 0.192. The first-order valence-electron chi connectivity index (χ1n) is 10.5. The Bertz CT molecular complexity index is 1460. The molecule has 0 saturated heterocycles. The predicted octanol–water partition coefficient (Wildman–Crippen LogP) is 4.13. The van der Waals surface area contributed by atoms with Gasteiger partial charge in [-0.15, -0.1) is 11.8 Å². The van der Waals surface area contributed by atoms with Crippen molar-refractivity contribution < 1.29 is 14.3 Å². The van der Waals surface area contributed by atoms with E-state index >= 15 is 0 Å². The van der Waals surface area contributed by atoms with Crippen molar-refractivity contribution in [2.24, 2.45) is 4.99 Å². The molecule has 0 aliphatic carbocycles. The van der Waals surface area contributed by atoms with Crippen LogP contribution in [0.1, 0.15) is 31.0 Å². The molecule has 2 aromatic carbocycles. The van der Waals surface area contributed by atoms with Gasteiger partial charge in [0.05, 0.1) is 39.1 Å². The Labute approximate surface area is 219 Å². The molecule has 1 aliphatic heterocycles. The molecule has 0 amide bonds. The van der Waals surface area contributed by atoms with Crippen LogP contribution in [0.5, 0.6) is 5.75 Å². The molecule has 1 aromatic heterocycles. The number of hydrogen-bond donors (Lipinski definition) is 0. The zero-order valence-electron chi connectivity index (χ0n) is 19.1. The van der Waals surface area contributed by atoms with Crippen LogP contribution in [0.25, 0.3) is 6.08 Å². The van der Waals surface area contributed by atoms with E-state index in [2.05, 4.69) is 27.6 Å². The number of carbonyl (C=O) groups is 1. The molecule has 4 rings (SSSR count). The first kappa shape index (κ1) is 24.7. The van der Waals surface area contributed by atoms with Crippen LogP contribution in [0.2, 0.25) is 0 Å². The Hall–Kier alpha value is -2.37. The van der Waals surface area contributed by atoms with Crippen molar-refractivity contribution >= 4 is 57.7 Å². The minimum Gasteiger partial charge on any atom is -0.496 e. The van der Waals surface area contributed by atoms with E-state index < -0.39 is 12.0 Å². The van der Waals surface area contributed by atoms with Crippen LogP contribution in [0, 0.1) is 3.57 Å². The summed E-state index contributed by atoms with van der Waals surface area (Å²) >= 11 is 5.16. The molecule has 1 unspecified atom stereocenters. The number of halogens is 1. The van der Waals surface area contributed by atoms with Gasteiger partial charge in [0.15, 0.2) is 4.80 Å². The maximum atomic E-state index is 13.6. The Morgan fingerprint density at radius 1 is 1.26 bits per heavy atom. The molecule has 2 heterocycles. The van der Waals surface area contributed by atoms with Gasteiger partial charge in [-0.1, -0.05) is 29.5 Å². The van der Waals surface area contributed by atoms with Gasteiger partial charge in [-0.25, -0.2) is 9.79 Å². The highest BCUT2D eigenvalue weighted by Crippen LogP contribution is 2.31. The number of hydrogen-bond acceptors (Lipinski definition) is 7. The Morgan fingerprint density at radius 3 is 2.62 bits per heavy atom. The van der Waals surface area contributed by atoms with Crippen LogP contribution in [0.4, 0.5) is 0 Å². The highest BCUT2D eigenvalue weighted by molar-refractivity contribution is 14.1. The van der Waals surface area contributed by atoms with Crippen molar-refractivity contribution in [2.45, 2.75) is 24.8 Å². The Morgan fingerprint density at radius 2 is 2.00 bits per heavy atom. The van der Waals surface area contributed by atoms with E-state index in [1.165, 1.54) is 11.3 Å². The molecule has 0 N–H and O–H groups in total. The topological polar surface area (TPSA) is 69.9 Å². The zero-order valence-corrected chi connectivity index (χ0v) is 22.9. The van der Waals surface area contributed by atoms with Crippen molar-refractivity contribution in [3.05, 3.63) is 88.1 Å². The van der Waals surface area contributed by atoms with Gasteiger partial charge in [0.2, 0.25) is 0 Å². The van der Waals surface area contributed by atoms with E-state index in [1.54, 1.807) is 37.3 Å². The second-order valence-electron chi connectivity index (χ2n) is 7.47. The molecule has 1 atom stereocenters. The molecule has 176 valence electrons. The fourth-order valence-electron chi connectivity index (χ4n) is 3.82. The Balaban J connectivity index is 1.92. The molecule has 0 spiro atoms. The van der Waals surface area contributed by atoms with Crippen molar-refractivity contribution in [3.63, 3.8) is 0 Å². The third kappa shape index (κ3) is 4.73. The lowest BCUT2D eigenvalue weighted by molar-refractivity contribution is -0.139.